The second-order valence-corrected chi connectivity index (χ2v) is 9.45. The SMILES string of the molecule is O=C1CCC(N2Cc3c(ccc(C4CCN(C5CCNCC5(F)F)CC4)c3F)C2=O)C(=O)N1. The van der Waals surface area contributed by atoms with Gasteiger partial charge < -0.3 is 10.2 Å². The minimum atomic E-state index is -2.77. The molecule has 0 aliphatic carbocycles. The molecule has 1 aromatic carbocycles. The maximum absolute atomic E-state index is 15.5. The predicted molar refractivity (Wildman–Crippen MR) is 112 cm³/mol. The monoisotopic (exact) mass is 464 g/mol. The van der Waals surface area contributed by atoms with Gasteiger partial charge in [-0.15, -0.1) is 0 Å². The van der Waals surface area contributed by atoms with Crippen LogP contribution in [-0.4, -0.2) is 71.7 Å². The highest BCUT2D eigenvalue weighted by Crippen LogP contribution is 2.38. The van der Waals surface area contributed by atoms with Crippen LogP contribution in [-0.2, 0) is 16.1 Å². The molecule has 4 heterocycles. The minimum Gasteiger partial charge on any atom is -0.322 e. The Kier molecular flexibility index (Phi) is 5.68. The summed E-state index contributed by atoms with van der Waals surface area (Å²) in [5.41, 5.74) is 1.02. The molecule has 2 atom stereocenters. The van der Waals surface area contributed by atoms with Crippen molar-refractivity contribution < 1.29 is 27.6 Å². The first-order valence-corrected chi connectivity index (χ1v) is 11.5. The molecule has 0 bridgehead atoms. The molecule has 0 radical (unpaired) electrons. The molecule has 178 valence electrons. The average molecular weight is 464 g/mol. The van der Waals surface area contributed by atoms with Gasteiger partial charge in [-0.3, -0.25) is 24.6 Å². The maximum atomic E-state index is 15.5. The zero-order valence-electron chi connectivity index (χ0n) is 18.2. The Morgan fingerprint density at radius 3 is 2.48 bits per heavy atom. The summed E-state index contributed by atoms with van der Waals surface area (Å²) in [6.45, 7) is 1.19. The van der Waals surface area contributed by atoms with Crippen molar-refractivity contribution in [1.82, 2.24) is 20.4 Å². The number of alkyl halides is 2. The number of piperidine rings is 3. The number of halogens is 3. The van der Waals surface area contributed by atoms with Crippen molar-refractivity contribution in [3.63, 3.8) is 0 Å². The van der Waals surface area contributed by atoms with Gasteiger partial charge in [-0.1, -0.05) is 6.07 Å². The molecule has 3 fully saturated rings. The van der Waals surface area contributed by atoms with Crippen LogP contribution in [0, 0.1) is 5.82 Å². The number of fused-ring (bicyclic) bond motifs is 1. The van der Waals surface area contributed by atoms with Gasteiger partial charge in [0, 0.05) is 17.5 Å². The Labute approximate surface area is 189 Å². The molecule has 4 aliphatic rings. The number of rotatable bonds is 3. The Morgan fingerprint density at radius 1 is 1.03 bits per heavy atom. The van der Waals surface area contributed by atoms with E-state index < -0.39 is 35.6 Å². The molecule has 2 unspecified atom stereocenters. The lowest BCUT2D eigenvalue weighted by Crippen LogP contribution is -2.58. The molecule has 7 nitrogen and oxygen atoms in total. The summed E-state index contributed by atoms with van der Waals surface area (Å²) >= 11 is 0. The number of benzene rings is 1. The van der Waals surface area contributed by atoms with Crippen molar-refractivity contribution >= 4 is 17.7 Å². The molecule has 5 rings (SSSR count). The molecule has 0 spiro atoms. The van der Waals surface area contributed by atoms with E-state index in [1.807, 2.05) is 4.90 Å². The van der Waals surface area contributed by atoms with Crippen LogP contribution in [0.1, 0.15) is 59.5 Å². The summed E-state index contributed by atoms with van der Waals surface area (Å²) in [5.74, 6) is -4.64. The zero-order chi connectivity index (χ0) is 23.3. The maximum Gasteiger partial charge on any atom is 0.275 e. The molecule has 0 saturated carbocycles. The van der Waals surface area contributed by atoms with E-state index in [9.17, 15) is 23.2 Å². The second kappa shape index (κ2) is 8.39. The lowest BCUT2D eigenvalue weighted by Gasteiger charge is -2.43. The molecule has 3 amide bonds. The second-order valence-electron chi connectivity index (χ2n) is 9.45. The first kappa shape index (κ1) is 22.3. The van der Waals surface area contributed by atoms with Crippen molar-refractivity contribution in [2.75, 3.05) is 26.2 Å². The lowest BCUT2D eigenvalue weighted by atomic mass is 9.86. The van der Waals surface area contributed by atoms with Gasteiger partial charge in [0.25, 0.3) is 11.8 Å². The summed E-state index contributed by atoms with van der Waals surface area (Å²) in [4.78, 5) is 39.7. The van der Waals surface area contributed by atoms with Crippen LogP contribution in [0.25, 0.3) is 0 Å². The highest BCUT2D eigenvalue weighted by Gasteiger charge is 2.46. The Bertz CT molecular complexity index is 993. The first-order chi connectivity index (χ1) is 15.8. The van der Waals surface area contributed by atoms with Crippen molar-refractivity contribution in [3.05, 3.63) is 34.6 Å². The van der Waals surface area contributed by atoms with Crippen LogP contribution in [0.4, 0.5) is 13.2 Å². The lowest BCUT2D eigenvalue weighted by molar-refractivity contribution is -0.136. The van der Waals surface area contributed by atoms with E-state index in [0.29, 0.717) is 44.5 Å². The number of likely N-dealkylation sites (tertiary alicyclic amines) is 1. The van der Waals surface area contributed by atoms with E-state index in [1.165, 1.54) is 4.90 Å². The van der Waals surface area contributed by atoms with Crippen molar-refractivity contribution in [2.45, 2.75) is 62.6 Å². The van der Waals surface area contributed by atoms with Crippen molar-refractivity contribution in [1.29, 1.82) is 0 Å². The Hall–Kier alpha value is -2.46. The third-order valence-electron chi connectivity index (χ3n) is 7.53. The molecule has 0 aromatic heterocycles. The van der Waals surface area contributed by atoms with E-state index in [1.54, 1.807) is 12.1 Å². The van der Waals surface area contributed by atoms with Gasteiger partial charge >= 0.3 is 0 Å². The molecule has 4 aliphatic heterocycles. The molecular formula is C23H27F3N4O3. The highest BCUT2D eigenvalue weighted by molar-refractivity contribution is 6.05. The molecule has 10 heteroatoms. The molecule has 3 saturated heterocycles. The van der Waals surface area contributed by atoms with E-state index >= 15 is 4.39 Å². The highest BCUT2D eigenvalue weighted by atomic mass is 19.3. The number of carbonyl (C=O) groups excluding carboxylic acids is 3. The number of amides is 3. The van der Waals surface area contributed by atoms with Gasteiger partial charge in [0.05, 0.1) is 19.1 Å². The summed E-state index contributed by atoms with van der Waals surface area (Å²) in [5, 5.41) is 4.99. The zero-order valence-corrected chi connectivity index (χ0v) is 18.2. The number of hydrogen-bond acceptors (Lipinski definition) is 5. The average Bonchev–Trinajstić information content (AvgIpc) is 3.11. The van der Waals surface area contributed by atoms with Gasteiger partial charge in [-0.05, 0) is 62.9 Å². The number of imide groups is 1. The predicted octanol–water partition coefficient (Wildman–Crippen LogP) is 1.76. The summed E-state index contributed by atoms with van der Waals surface area (Å²) in [7, 11) is 0. The van der Waals surface area contributed by atoms with Crippen LogP contribution in [0.2, 0.25) is 0 Å². The van der Waals surface area contributed by atoms with Gasteiger partial charge in [0.15, 0.2) is 0 Å². The number of nitrogens with zero attached hydrogens (tertiary/aromatic N) is 2. The van der Waals surface area contributed by atoms with Crippen LogP contribution < -0.4 is 10.6 Å². The van der Waals surface area contributed by atoms with Gasteiger partial charge in [-0.2, -0.15) is 0 Å². The fourth-order valence-electron chi connectivity index (χ4n) is 5.73. The number of hydrogen-bond donors (Lipinski definition) is 2. The van der Waals surface area contributed by atoms with Crippen molar-refractivity contribution in [2.24, 2.45) is 0 Å². The van der Waals surface area contributed by atoms with E-state index in [4.69, 9.17) is 0 Å². The standard InChI is InChI=1S/C23H27F3N4O3/c24-20-14(13-6-9-29(10-7-13)18-5-8-27-12-23(18,25)26)1-2-15-16(20)11-30(22(15)33)17-3-4-19(31)28-21(17)32/h1-2,13,17-18,27H,3-12H2,(H,28,31,32). The summed E-state index contributed by atoms with van der Waals surface area (Å²) in [6, 6.07) is 1.65. The van der Waals surface area contributed by atoms with Crippen LogP contribution in [0.15, 0.2) is 12.1 Å². The molecule has 1 aromatic rings. The third kappa shape index (κ3) is 3.93. The smallest absolute Gasteiger partial charge is 0.275 e. The van der Waals surface area contributed by atoms with Crippen LogP contribution in [0.3, 0.4) is 0 Å². The van der Waals surface area contributed by atoms with E-state index in [-0.39, 0.29) is 48.9 Å². The quantitative estimate of drug-likeness (QED) is 0.667. The number of carbonyl (C=O) groups is 3. The third-order valence-corrected chi connectivity index (χ3v) is 7.53. The first-order valence-electron chi connectivity index (χ1n) is 11.5. The van der Waals surface area contributed by atoms with E-state index in [0.717, 1.165) is 0 Å². The Morgan fingerprint density at radius 2 is 1.79 bits per heavy atom. The molecule has 2 N–H and O–H groups in total. The fourth-order valence-corrected chi connectivity index (χ4v) is 5.73. The topological polar surface area (TPSA) is 81.8 Å². The van der Waals surface area contributed by atoms with Crippen LogP contribution >= 0.6 is 0 Å². The largest absolute Gasteiger partial charge is 0.322 e. The normalized spacial score (nSPS) is 28.7. The molecule has 33 heavy (non-hydrogen) atoms. The van der Waals surface area contributed by atoms with E-state index in [2.05, 4.69) is 10.6 Å². The fraction of sp³-hybridized carbons (Fsp3) is 0.609. The minimum absolute atomic E-state index is 0.0136. The molecular weight excluding hydrogens is 437 g/mol. The van der Waals surface area contributed by atoms with Gasteiger partial charge in [-0.25, -0.2) is 13.2 Å². The van der Waals surface area contributed by atoms with Crippen molar-refractivity contribution in [3.8, 4) is 0 Å². The Balaban J connectivity index is 1.29. The number of nitrogens with one attached hydrogen (secondary N) is 2. The van der Waals surface area contributed by atoms with Gasteiger partial charge in [0.1, 0.15) is 11.9 Å². The summed E-state index contributed by atoms with van der Waals surface area (Å²) < 4.78 is 44.2. The van der Waals surface area contributed by atoms with Gasteiger partial charge in [0.2, 0.25) is 11.8 Å². The summed E-state index contributed by atoms with van der Waals surface area (Å²) in [6.07, 6.45) is 1.89. The van der Waals surface area contributed by atoms with Crippen LogP contribution in [0.5, 0.6) is 0 Å².